The number of aliphatic hydroxyl groups excluding tert-OH is 2. The van der Waals surface area contributed by atoms with Crippen molar-refractivity contribution < 1.29 is 10.2 Å². The molecule has 2 heterocycles. The molecule has 0 aromatic heterocycles. The van der Waals surface area contributed by atoms with Crippen LogP contribution in [0.1, 0.15) is 39.5 Å². The van der Waals surface area contributed by atoms with Crippen molar-refractivity contribution >= 4 is 12.6 Å². The third kappa shape index (κ3) is 6.95. The summed E-state index contributed by atoms with van der Waals surface area (Å²) in [5.41, 5.74) is 0. The number of thiol groups is 1. The van der Waals surface area contributed by atoms with E-state index in [1.807, 2.05) is 0 Å². The van der Waals surface area contributed by atoms with E-state index in [9.17, 15) is 0 Å². The van der Waals surface area contributed by atoms with Crippen molar-refractivity contribution in [3.8, 4) is 0 Å². The fraction of sp³-hybridized carbons (Fsp3) is 1.00. The highest BCUT2D eigenvalue weighted by Gasteiger charge is 2.27. The zero-order valence-corrected chi connectivity index (χ0v) is 13.2. The van der Waals surface area contributed by atoms with E-state index >= 15 is 0 Å². The SMILES string of the molecule is CC(C)(S)CN1CCC[C@H]1CO.OC[C@@H]1CCCN1. The van der Waals surface area contributed by atoms with E-state index in [4.69, 9.17) is 10.2 Å². The maximum absolute atomic E-state index is 9.07. The van der Waals surface area contributed by atoms with Gasteiger partial charge in [0.1, 0.15) is 0 Å². The maximum Gasteiger partial charge on any atom is 0.0586 e. The molecule has 3 N–H and O–H groups in total. The lowest BCUT2D eigenvalue weighted by Crippen LogP contribution is -2.40. The van der Waals surface area contributed by atoms with Crippen LogP contribution in [0.25, 0.3) is 0 Å². The molecule has 4 nitrogen and oxygen atoms in total. The predicted octanol–water partition coefficient (Wildman–Crippen LogP) is 0.882. The van der Waals surface area contributed by atoms with Crippen molar-refractivity contribution in [3.05, 3.63) is 0 Å². The van der Waals surface area contributed by atoms with Crippen molar-refractivity contribution in [2.75, 3.05) is 32.8 Å². The topological polar surface area (TPSA) is 55.7 Å². The largest absolute Gasteiger partial charge is 0.395 e. The van der Waals surface area contributed by atoms with Crippen molar-refractivity contribution in [1.29, 1.82) is 0 Å². The second-order valence-electron chi connectivity index (χ2n) is 6.24. The van der Waals surface area contributed by atoms with Crippen LogP contribution in [0.2, 0.25) is 0 Å². The highest BCUT2D eigenvalue weighted by molar-refractivity contribution is 7.81. The van der Waals surface area contributed by atoms with Gasteiger partial charge in [-0.2, -0.15) is 12.6 Å². The number of hydrogen-bond acceptors (Lipinski definition) is 5. The fourth-order valence-electron chi connectivity index (χ4n) is 2.72. The summed E-state index contributed by atoms with van der Waals surface area (Å²) in [5.74, 6) is 0. The van der Waals surface area contributed by atoms with E-state index < -0.39 is 0 Å². The molecule has 0 saturated carbocycles. The number of nitrogens with one attached hydrogen (secondary N) is 1. The summed E-state index contributed by atoms with van der Waals surface area (Å²) in [6.45, 7) is 8.01. The second kappa shape index (κ2) is 8.47. The Morgan fingerprint density at radius 1 is 1.21 bits per heavy atom. The smallest absolute Gasteiger partial charge is 0.0586 e. The third-order valence-corrected chi connectivity index (χ3v) is 3.82. The van der Waals surface area contributed by atoms with Crippen LogP contribution in [0.3, 0.4) is 0 Å². The van der Waals surface area contributed by atoms with Gasteiger partial charge in [-0.1, -0.05) is 0 Å². The molecular formula is C14H30N2O2S. The second-order valence-corrected chi connectivity index (χ2v) is 7.45. The molecular weight excluding hydrogens is 260 g/mol. The monoisotopic (exact) mass is 290 g/mol. The lowest BCUT2D eigenvalue weighted by atomic mass is 10.1. The highest BCUT2D eigenvalue weighted by Crippen LogP contribution is 2.22. The van der Waals surface area contributed by atoms with Gasteiger partial charge in [0.05, 0.1) is 13.2 Å². The summed E-state index contributed by atoms with van der Waals surface area (Å²) in [5, 5.41) is 20.7. The average Bonchev–Trinajstić information content (AvgIpc) is 2.97. The van der Waals surface area contributed by atoms with Crippen molar-refractivity contribution in [2.45, 2.75) is 56.4 Å². The van der Waals surface area contributed by atoms with Gasteiger partial charge in [-0.25, -0.2) is 0 Å². The number of aliphatic hydroxyl groups is 2. The van der Waals surface area contributed by atoms with Crippen LogP contribution in [0.5, 0.6) is 0 Å². The van der Waals surface area contributed by atoms with Gasteiger partial charge < -0.3 is 15.5 Å². The van der Waals surface area contributed by atoms with E-state index in [0.29, 0.717) is 25.3 Å². The Labute approximate surface area is 123 Å². The van der Waals surface area contributed by atoms with Crippen LogP contribution < -0.4 is 5.32 Å². The Bertz CT molecular complexity index is 240. The summed E-state index contributed by atoms with van der Waals surface area (Å²) >= 11 is 4.49. The van der Waals surface area contributed by atoms with Gasteiger partial charge in [0.25, 0.3) is 0 Å². The van der Waals surface area contributed by atoms with E-state index in [0.717, 1.165) is 32.5 Å². The van der Waals surface area contributed by atoms with Crippen molar-refractivity contribution in [3.63, 3.8) is 0 Å². The summed E-state index contributed by atoms with van der Waals surface area (Å²) in [7, 11) is 0. The molecule has 2 atom stereocenters. The van der Waals surface area contributed by atoms with E-state index in [1.165, 1.54) is 12.8 Å². The normalized spacial score (nSPS) is 28.3. The predicted molar refractivity (Wildman–Crippen MR) is 82.9 cm³/mol. The van der Waals surface area contributed by atoms with Crippen LogP contribution in [0.15, 0.2) is 0 Å². The van der Waals surface area contributed by atoms with Crippen LogP contribution >= 0.6 is 12.6 Å². The molecule has 0 aromatic rings. The van der Waals surface area contributed by atoms with Crippen LogP contribution in [0, 0.1) is 0 Å². The first-order chi connectivity index (χ1) is 8.96. The van der Waals surface area contributed by atoms with Gasteiger partial charge in [0, 0.05) is 23.4 Å². The number of likely N-dealkylation sites (tertiary alicyclic amines) is 1. The van der Waals surface area contributed by atoms with Crippen molar-refractivity contribution in [1.82, 2.24) is 10.2 Å². The standard InChI is InChI=1S/C9H19NOS.C5H11NO/c1-9(2,12)7-10-5-3-4-8(10)6-11;7-4-5-2-1-3-6-5/h8,11-12H,3-7H2,1-2H3;5-7H,1-4H2/t8-;5-/m00/s1. The van der Waals surface area contributed by atoms with Gasteiger partial charge >= 0.3 is 0 Å². The first-order valence-electron chi connectivity index (χ1n) is 7.38. The Hall–Kier alpha value is 0.190. The minimum Gasteiger partial charge on any atom is -0.395 e. The molecule has 2 saturated heterocycles. The minimum absolute atomic E-state index is 0.0533. The zero-order chi connectivity index (χ0) is 14.3. The summed E-state index contributed by atoms with van der Waals surface area (Å²) < 4.78 is 0.0533. The molecule has 114 valence electrons. The molecule has 0 aromatic carbocycles. The van der Waals surface area contributed by atoms with Gasteiger partial charge in [0.15, 0.2) is 0 Å². The molecule has 0 amide bonds. The molecule has 2 fully saturated rings. The Kier molecular flexibility index (Phi) is 7.69. The third-order valence-electron chi connectivity index (χ3n) is 3.68. The first kappa shape index (κ1) is 17.2. The lowest BCUT2D eigenvalue weighted by Gasteiger charge is -2.29. The number of nitrogens with zero attached hydrogens (tertiary/aromatic N) is 1. The molecule has 0 spiro atoms. The molecule has 0 unspecified atom stereocenters. The van der Waals surface area contributed by atoms with Gasteiger partial charge in [-0.15, -0.1) is 0 Å². The van der Waals surface area contributed by atoms with Crippen LogP contribution in [0.4, 0.5) is 0 Å². The summed E-state index contributed by atoms with van der Waals surface area (Å²) in [6.07, 6.45) is 4.73. The number of rotatable bonds is 4. The van der Waals surface area contributed by atoms with Crippen LogP contribution in [-0.4, -0.2) is 64.8 Å². The molecule has 0 radical (unpaired) electrons. The average molecular weight is 290 g/mol. The summed E-state index contributed by atoms with van der Waals surface area (Å²) in [6, 6.07) is 0.788. The van der Waals surface area contributed by atoms with E-state index in [2.05, 4.69) is 36.7 Å². The molecule has 2 aliphatic rings. The lowest BCUT2D eigenvalue weighted by molar-refractivity contribution is 0.152. The highest BCUT2D eigenvalue weighted by atomic mass is 32.1. The Morgan fingerprint density at radius 2 is 1.95 bits per heavy atom. The van der Waals surface area contributed by atoms with Gasteiger partial charge in [-0.05, 0) is 52.6 Å². The molecule has 0 aliphatic carbocycles. The minimum atomic E-state index is 0.0533. The van der Waals surface area contributed by atoms with E-state index in [-0.39, 0.29) is 4.75 Å². The molecule has 19 heavy (non-hydrogen) atoms. The Morgan fingerprint density at radius 3 is 2.37 bits per heavy atom. The Balaban J connectivity index is 0.000000218. The molecule has 5 heteroatoms. The van der Waals surface area contributed by atoms with Crippen LogP contribution in [-0.2, 0) is 0 Å². The molecule has 2 aliphatic heterocycles. The summed E-state index contributed by atoms with van der Waals surface area (Å²) in [4.78, 5) is 2.34. The molecule has 2 rings (SSSR count). The van der Waals surface area contributed by atoms with Gasteiger partial charge in [0.2, 0.25) is 0 Å². The molecule has 0 bridgehead atoms. The van der Waals surface area contributed by atoms with Gasteiger partial charge in [-0.3, -0.25) is 4.90 Å². The maximum atomic E-state index is 9.07. The first-order valence-corrected chi connectivity index (χ1v) is 7.82. The zero-order valence-electron chi connectivity index (χ0n) is 12.3. The van der Waals surface area contributed by atoms with E-state index in [1.54, 1.807) is 0 Å². The fourth-order valence-corrected chi connectivity index (χ4v) is 2.90. The number of hydrogen-bond donors (Lipinski definition) is 4. The quantitative estimate of drug-likeness (QED) is 0.581. The van der Waals surface area contributed by atoms with Crippen molar-refractivity contribution in [2.24, 2.45) is 0 Å².